The fourth-order valence-corrected chi connectivity index (χ4v) is 2.80. The molecule has 1 N–H and O–H groups in total. The lowest BCUT2D eigenvalue weighted by Crippen LogP contribution is -2.21. The van der Waals surface area contributed by atoms with Crippen molar-refractivity contribution in [2.24, 2.45) is 5.41 Å². The van der Waals surface area contributed by atoms with Crippen LogP contribution in [0.2, 0.25) is 0 Å². The lowest BCUT2D eigenvalue weighted by molar-refractivity contribution is 0.478. The Morgan fingerprint density at radius 3 is 2.83 bits per heavy atom. The van der Waals surface area contributed by atoms with E-state index in [4.69, 9.17) is 0 Å². The predicted molar refractivity (Wildman–Crippen MR) is 75.8 cm³/mol. The molecule has 94 valence electrons. The van der Waals surface area contributed by atoms with E-state index in [0.29, 0.717) is 5.41 Å². The van der Waals surface area contributed by atoms with Crippen molar-refractivity contribution in [1.29, 1.82) is 0 Å². The average Bonchev–Trinajstić information content (AvgIpc) is 3.09. The van der Waals surface area contributed by atoms with Crippen molar-refractivity contribution < 1.29 is 0 Å². The zero-order valence-electron chi connectivity index (χ0n) is 11.2. The zero-order chi connectivity index (χ0) is 12.6. The van der Waals surface area contributed by atoms with E-state index in [-0.39, 0.29) is 0 Å². The molecular weight excluding hydrogens is 220 g/mol. The number of hydrogen-bond acceptors (Lipinski definition) is 2. The fourth-order valence-electron chi connectivity index (χ4n) is 2.80. The Balaban J connectivity index is 1.89. The summed E-state index contributed by atoms with van der Waals surface area (Å²) in [6.45, 7) is 3.24. The van der Waals surface area contributed by atoms with Crippen LogP contribution in [0.25, 0.3) is 10.9 Å². The van der Waals surface area contributed by atoms with Gasteiger partial charge in [0.2, 0.25) is 0 Å². The molecular formula is C16H20N2. The van der Waals surface area contributed by atoms with Gasteiger partial charge in [0.25, 0.3) is 0 Å². The molecule has 1 aliphatic rings. The van der Waals surface area contributed by atoms with Crippen LogP contribution in [0.4, 0.5) is 0 Å². The van der Waals surface area contributed by atoms with Gasteiger partial charge < -0.3 is 5.32 Å². The van der Waals surface area contributed by atoms with Crippen molar-refractivity contribution in [3.8, 4) is 0 Å². The van der Waals surface area contributed by atoms with Crippen LogP contribution in [-0.4, -0.2) is 18.6 Å². The molecule has 1 aromatic heterocycles. The van der Waals surface area contributed by atoms with E-state index in [1.807, 2.05) is 13.2 Å². The summed E-state index contributed by atoms with van der Waals surface area (Å²) in [5.74, 6) is 0. The first-order valence-electron chi connectivity index (χ1n) is 6.71. The first-order chi connectivity index (χ1) is 8.71. The SMILES string of the molecule is CNCC1(Cc2ccc3ncc(C)cc3c2)CC1. The number of aromatic nitrogens is 1. The van der Waals surface area contributed by atoms with E-state index >= 15 is 0 Å². The summed E-state index contributed by atoms with van der Waals surface area (Å²) in [6, 6.07) is 8.93. The maximum atomic E-state index is 4.46. The molecule has 3 rings (SSSR count). The van der Waals surface area contributed by atoms with Crippen molar-refractivity contribution in [2.45, 2.75) is 26.2 Å². The summed E-state index contributed by atoms with van der Waals surface area (Å²) in [6.07, 6.45) is 5.85. The predicted octanol–water partition coefficient (Wildman–Crippen LogP) is 3.09. The Hall–Kier alpha value is -1.41. The second-order valence-electron chi connectivity index (χ2n) is 5.75. The minimum Gasteiger partial charge on any atom is -0.319 e. The molecule has 1 aromatic carbocycles. The molecule has 0 radical (unpaired) electrons. The molecule has 1 heterocycles. The lowest BCUT2D eigenvalue weighted by atomic mass is 9.95. The van der Waals surface area contributed by atoms with Gasteiger partial charge in [0.1, 0.15) is 0 Å². The molecule has 2 heteroatoms. The van der Waals surface area contributed by atoms with Crippen LogP contribution in [0.15, 0.2) is 30.5 Å². The number of rotatable bonds is 4. The summed E-state index contributed by atoms with van der Waals surface area (Å²) >= 11 is 0. The molecule has 0 unspecified atom stereocenters. The number of nitrogens with one attached hydrogen (secondary N) is 1. The molecule has 0 amide bonds. The van der Waals surface area contributed by atoms with Gasteiger partial charge in [-0.1, -0.05) is 6.07 Å². The highest BCUT2D eigenvalue weighted by atomic mass is 14.8. The van der Waals surface area contributed by atoms with E-state index in [1.165, 1.54) is 35.8 Å². The van der Waals surface area contributed by atoms with Gasteiger partial charge in [-0.3, -0.25) is 4.98 Å². The van der Waals surface area contributed by atoms with Crippen LogP contribution < -0.4 is 5.32 Å². The van der Waals surface area contributed by atoms with Crippen molar-refractivity contribution in [3.05, 3.63) is 41.6 Å². The number of aryl methyl sites for hydroxylation is 1. The molecule has 1 fully saturated rings. The summed E-state index contributed by atoms with van der Waals surface area (Å²) in [4.78, 5) is 4.46. The third kappa shape index (κ3) is 2.25. The van der Waals surface area contributed by atoms with E-state index in [0.717, 1.165) is 12.1 Å². The minimum atomic E-state index is 0.527. The molecule has 0 atom stereocenters. The summed E-state index contributed by atoms with van der Waals surface area (Å²) < 4.78 is 0. The number of pyridine rings is 1. The largest absolute Gasteiger partial charge is 0.319 e. The van der Waals surface area contributed by atoms with E-state index in [1.54, 1.807) is 0 Å². The molecule has 2 nitrogen and oxygen atoms in total. The van der Waals surface area contributed by atoms with Gasteiger partial charge in [0.05, 0.1) is 5.52 Å². The summed E-state index contributed by atoms with van der Waals surface area (Å²) in [5.41, 5.74) is 4.31. The lowest BCUT2D eigenvalue weighted by Gasteiger charge is -2.14. The van der Waals surface area contributed by atoms with Gasteiger partial charge in [-0.05, 0) is 68.0 Å². The summed E-state index contributed by atoms with van der Waals surface area (Å²) in [5, 5.41) is 4.60. The molecule has 0 aliphatic heterocycles. The summed E-state index contributed by atoms with van der Waals surface area (Å²) in [7, 11) is 2.05. The van der Waals surface area contributed by atoms with Crippen LogP contribution in [0.1, 0.15) is 24.0 Å². The van der Waals surface area contributed by atoms with Crippen LogP contribution in [0.5, 0.6) is 0 Å². The number of benzene rings is 1. The van der Waals surface area contributed by atoms with Crippen molar-refractivity contribution >= 4 is 10.9 Å². The topological polar surface area (TPSA) is 24.9 Å². The monoisotopic (exact) mass is 240 g/mol. The van der Waals surface area contributed by atoms with Gasteiger partial charge in [0, 0.05) is 18.1 Å². The van der Waals surface area contributed by atoms with Crippen LogP contribution in [0, 0.1) is 12.3 Å². The molecule has 0 bridgehead atoms. The molecule has 1 aliphatic carbocycles. The highest BCUT2D eigenvalue weighted by Crippen LogP contribution is 2.47. The molecule has 0 spiro atoms. The number of hydrogen-bond donors (Lipinski definition) is 1. The molecule has 2 aromatic rings. The van der Waals surface area contributed by atoms with Gasteiger partial charge in [0.15, 0.2) is 0 Å². The van der Waals surface area contributed by atoms with E-state index in [2.05, 4.69) is 41.5 Å². The first kappa shape index (κ1) is 11.7. The van der Waals surface area contributed by atoms with Crippen molar-refractivity contribution in [1.82, 2.24) is 10.3 Å². The van der Waals surface area contributed by atoms with Crippen molar-refractivity contribution in [2.75, 3.05) is 13.6 Å². The Labute approximate surface area is 108 Å². The third-order valence-corrected chi connectivity index (χ3v) is 3.97. The highest BCUT2D eigenvalue weighted by molar-refractivity contribution is 5.79. The smallest absolute Gasteiger partial charge is 0.0702 e. The first-order valence-corrected chi connectivity index (χ1v) is 6.71. The Morgan fingerprint density at radius 2 is 2.11 bits per heavy atom. The van der Waals surface area contributed by atoms with Gasteiger partial charge in [-0.2, -0.15) is 0 Å². The van der Waals surface area contributed by atoms with E-state index < -0.39 is 0 Å². The van der Waals surface area contributed by atoms with Crippen LogP contribution in [0.3, 0.4) is 0 Å². The quantitative estimate of drug-likeness (QED) is 0.888. The second-order valence-corrected chi connectivity index (χ2v) is 5.75. The van der Waals surface area contributed by atoms with Crippen molar-refractivity contribution in [3.63, 3.8) is 0 Å². The standard InChI is InChI=1S/C16H20N2/c1-12-7-14-8-13(3-4-15(14)18-10-12)9-16(5-6-16)11-17-2/h3-4,7-8,10,17H,5-6,9,11H2,1-2H3. The molecule has 0 saturated heterocycles. The third-order valence-electron chi connectivity index (χ3n) is 3.97. The Morgan fingerprint density at radius 1 is 1.28 bits per heavy atom. The van der Waals surface area contributed by atoms with Gasteiger partial charge in [-0.15, -0.1) is 0 Å². The second kappa shape index (κ2) is 4.36. The molecule has 1 saturated carbocycles. The molecule has 18 heavy (non-hydrogen) atoms. The van der Waals surface area contributed by atoms with E-state index in [9.17, 15) is 0 Å². The highest BCUT2D eigenvalue weighted by Gasteiger charge is 2.41. The zero-order valence-corrected chi connectivity index (χ0v) is 11.2. The normalized spacial score (nSPS) is 17.0. The average molecular weight is 240 g/mol. The number of nitrogens with zero attached hydrogens (tertiary/aromatic N) is 1. The maximum absolute atomic E-state index is 4.46. The minimum absolute atomic E-state index is 0.527. The Kier molecular flexibility index (Phi) is 2.83. The maximum Gasteiger partial charge on any atom is 0.0702 e. The van der Waals surface area contributed by atoms with Crippen LogP contribution >= 0.6 is 0 Å². The fraction of sp³-hybridized carbons (Fsp3) is 0.438. The van der Waals surface area contributed by atoms with Crippen LogP contribution in [-0.2, 0) is 6.42 Å². The number of fused-ring (bicyclic) bond motifs is 1. The Bertz CT molecular complexity index is 570. The van der Waals surface area contributed by atoms with Gasteiger partial charge in [-0.25, -0.2) is 0 Å². The van der Waals surface area contributed by atoms with Gasteiger partial charge >= 0.3 is 0 Å².